The summed E-state index contributed by atoms with van der Waals surface area (Å²) in [5.74, 6) is -0.369. The lowest BCUT2D eigenvalue weighted by atomic mass is 10.0. The van der Waals surface area contributed by atoms with Crippen molar-refractivity contribution in [1.29, 1.82) is 0 Å². The van der Waals surface area contributed by atoms with E-state index in [0.29, 0.717) is 10.7 Å². The summed E-state index contributed by atoms with van der Waals surface area (Å²) < 4.78 is 7.01. The summed E-state index contributed by atoms with van der Waals surface area (Å²) in [6.07, 6.45) is 3.79. The van der Waals surface area contributed by atoms with Crippen LogP contribution >= 0.6 is 12.2 Å². The number of rotatable bonds is 5. The minimum absolute atomic E-state index is 0.161. The predicted octanol–water partition coefficient (Wildman–Crippen LogP) is 5.14. The van der Waals surface area contributed by atoms with E-state index in [9.17, 15) is 4.79 Å². The van der Waals surface area contributed by atoms with Crippen LogP contribution in [0.1, 0.15) is 39.4 Å². The molecule has 0 amide bonds. The van der Waals surface area contributed by atoms with E-state index in [1.807, 2.05) is 54.7 Å². The third-order valence-electron chi connectivity index (χ3n) is 6.01. The largest absolute Gasteiger partial charge is 0.465 e. The highest BCUT2D eigenvalue weighted by Gasteiger charge is 2.42. The monoisotopic (exact) mass is 468 g/mol. The Balaban J connectivity index is 1.66. The number of aryl methyl sites for hydroxylation is 1. The van der Waals surface area contributed by atoms with Crippen molar-refractivity contribution in [3.05, 3.63) is 114 Å². The lowest BCUT2D eigenvalue weighted by molar-refractivity contribution is 0.0600. The Morgan fingerprint density at radius 3 is 2.59 bits per heavy atom. The molecule has 2 aromatic heterocycles. The number of anilines is 1. The van der Waals surface area contributed by atoms with E-state index in [1.54, 1.807) is 12.3 Å². The van der Waals surface area contributed by atoms with E-state index in [4.69, 9.17) is 17.0 Å². The van der Waals surface area contributed by atoms with E-state index in [0.717, 1.165) is 28.3 Å². The van der Waals surface area contributed by atoms with Gasteiger partial charge in [-0.3, -0.25) is 4.98 Å². The van der Waals surface area contributed by atoms with Crippen molar-refractivity contribution in [2.75, 3.05) is 12.0 Å². The Labute approximate surface area is 203 Å². The molecule has 2 atom stereocenters. The second kappa shape index (κ2) is 9.11. The zero-order chi connectivity index (χ0) is 23.7. The maximum atomic E-state index is 12.2. The van der Waals surface area contributed by atoms with Crippen LogP contribution in [0.2, 0.25) is 0 Å². The molecule has 1 aliphatic heterocycles. The molecular formula is C27H24N4O2S. The van der Waals surface area contributed by atoms with Gasteiger partial charge >= 0.3 is 5.97 Å². The number of pyridine rings is 1. The van der Waals surface area contributed by atoms with Crippen molar-refractivity contribution in [2.45, 2.75) is 19.0 Å². The summed E-state index contributed by atoms with van der Waals surface area (Å²) in [5, 5.41) is 4.14. The minimum Gasteiger partial charge on any atom is -0.465 e. The number of nitrogens with zero attached hydrogens (tertiary/aromatic N) is 3. The van der Waals surface area contributed by atoms with Gasteiger partial charge in [-0.05, 0) is 79.3 Å². The Morgan fingerprint density at radius 1 is 1.00 bits per heavy atom. The van der Waals surface area contributed by atoms with Gasteiger partial charge < -0.3 is 19.5 Å². The number of aromatic nitrogens is 2. The highest BCUT2D eigenvalue weighted by molar-refractivity contribution is 7.80. The maximum absolute atomic E-state index is 12.2. The van der Waals surface area contributed by atoms with Crippen LogP contribution in [0.5, 0.6) is 0 Å². The molecule has 1 fully saturated rings. The van der Waals surface area contributed by atoms with Crippen molar-refractivity contribution in [1.82, 2.24) is 14.9 Å². The van der Waals surface area contributed by atoms with Gasteiger partial charge in [-0.2, -0.15) is 0 Å². The van der Waals surface area contributed by atoms with Crippen molar-refractivity contribution < 1.29 is 9.53 Å². The summed E-state index contributed by atoms with van der Waals surface area (Å²) in [4.78, 5) is 18.9. The molecule has 7 heteroatoms. The summed E-state index contributed by atoms with van der Waals surface area (Å²) in [5.41, 5.74) is 5.45. The van der Waals surface area contributed by atoms with Gasteiger partial charge in [0.1, 0.15) is 6.04 Å². The summed E-state index contributed by atoms with van der Waals surface area (Å²) in [7, 11) is 1.39. The van der Waals surface area contributed by atoms with Gasteiger partial charge in [-0.15, -0.1) is 0 Å². The van der Waals surface area contributed by atoms with Crippen molar-refractivity contribution in [2.24, 2.45) is 0 Å². The number of methoxy groups -OCH3 is 1. The molecule has 0 unspecified atom stereocenters. The zero-order valence-corrected chi connectivity index (χ0v) is 19.7. The van der Waals surface area contributed by atoms with E-state index < -0.39 is 0 Å². The Hall–Kier alpha value is -3.97. The first-order chi connectivity index (χ1) is 16.6. The topological polar surface area (TPSA) is 59.4 Å². The molecule has 0 radical (unpaired) electrons. The number of carbonyl (C=O) groups excluding carboxylic acids is 1. The number of hydrogen-bond acceptors (Lipinski definition) is 4. The second-order valence-electron chi connectivity index (χ2n) is 8.18. The molecule has 0 bridgehead atoms. The molecule has 34 heavy (non-hydrogen) atoms. The highest BCUT2D eigenvalue weighted by Crippen LogP contribution is 2.42. The summed E-state index contributed by atoms with van der Waals surface area (Å²) in [6, 6.07) is 25.4. The molecule has 0 spiro atoms. The fourth-order valence-electron chi connectivity index (χ4n) is 4.48. The molecule has 170 valence electrons. The number of nitrogens with one attached hydrogen (secondary N) is 1. The van der Waals surface area contributed by atoms with Gasteiger partial charge in [0.2, 0.25) is 0 Å². The molecule has 1 N–H and O–H groups in total. The lowest BCUT2D eigenvalue weighted by Gasteiger charge is -2.29. The molecular weight excluding hydrogens is 444 g/mol. The summed E-state index contributed by atoms with van der Waals surface area (Å²) >= 11 is 5.84. The Morgan fingerprint density at radius 2 is 1.82 bits per heavy atom. The molecule has 1 aliphatic rings. The molecule has 0 aliphatic carbocycles. The van der Waals surface area contributed by atoms with Crippen LogP contribution in [0.25, 0.3) is 5.69 Å². The van der Waals surface area contributed by atoms with Crippen molar-refractivity contribution in [3.63, 3.8) is 0 Å². The van der Waals surface area contributed by atoms with Crippen molar-refractivity contribution >= 4 is 29.0 Å². The highest BCUT2D eigenvalue weighted by atomic mass is 32.1. The fraction of sp³-hybridized carbons (Fsp3) is 0.148. The standard InChI is InChI=1S/C27H24N4O2S/c1-18-8-5-11-21(16-18)31-25(24(29-27(31)34)22-12-3-4-14-28-22)23-13-7-15-30(23)20-10-6-9-19(17-20)26(32)33-2/h3-17,24-25H,1-2H3,(H,29,34)/t24-,25-/m1/s1. The van der Waals surface area contributed by atoms with Crippen molar-refractivity contribution in [3.8, 4) is 5.69 Å². The minimum atomic E-state index is -0.369. The molecule has 4 aromatic rings. The molecule has 1 saturated heterocycles. The molecule has 3 heterocycles. The van der Waals surface area contributed by atoms with E-state index in [-0.39, 0.29) is 18.1 Å². The number of benzene rings is 2. The second-order valence-corrected chi connectivity index (χ2v) is 8.57. The SMILES string of the molecule is COC(=O)c1cccc(-n2cccc2[C@@H]2[C@@H](c3ccccn3)NC(=S)N2c2cccc(C)c2)c1. The maximum Gasteiger partial charge on any atom is 0.337 e. The van der Waals surface area contributed by atoms with Gasteiger partial charge in [-0.25, -0.2) is 4.79 Å². The van der Waals surface area contributed by atoms with E-state index in [1.165, 1.54) is 7.11 Å². The zero-order valence-electron chi connectivity index (χ0n) is 18.9. The van der Waals surface area contributed by atoms with Crippen LogP contribution in [0, 0.1) is 6.92 Å². The van der Waals surface area contributed by atoms with Crippen LogP contribution in [0.4, 0.5) is 5.69 Å². The average Bonchev–Trinajstić information content (AvgIpc) is 3.48. The third-order valence-corrected chi connectivity index (χ3v) is 6.32. The Kier molecular flexibility index (Phi) is 5.86. The Bertz CT molecular complexity index is 1350. The van der Waals surface area contributed by atoms with Gasteiger partial charge in [0.25, 0.3) is 0 Å². The molecule has 2 aromatic carbocycles. The molecule has 0 saturated carbocycles. The fourth-order valence-corrected chi connectivity index (χ4v) is 4.83. The number of esters is 1. The summed E-state index contributed by atoms with van der Waals surface area (Å²) in [6.45, 7) is 2.07. The molecule has 5 rings (SSSR count). The third kappa shape index (κ3) is 3.95. The lowest BCUT2D eigenvalue weighted by Crippen LogP contribution is -2.30. The quantitative estimate of drug-likeness (QED) is 0.323. The van der Waals surface area contributed by atoms with Crippen LogP contribution in [-0.4, -0.2) is 27.7 Å². The van der Waals surface area contributed by atoms with Crippen LogP contribution in [0.15, 0.2) is 91.3 Å². The van der Waals surface area contributed by atoms with E-state index >= 15 is 0 Å². The first kappa shape index (κ1) is 21.9. The van der Waals surface area contributed by atoms with Crippen LogP contribution < -0.4 is 10.2 Å². The smallest absolute Gasteiger partial charge is 0.337 e. The van der Waals surface area contributed by atoms with Gasteiger partial charge in [0, 0.05) is 29.5 Å². The predicted molar refractivity (Wildman–Crippen MR) is 136 cm³/mol. The van der Waals surface area contributed by atoms with Gasteiger partial charge in [-0.1, -0.05) is 24.3 Å². The van der Waals surface area contributed by atoms with Gasteiger partial charge in [0.05, 0.1) is 24.4 Å². The normalized spacial score (nSPS) is 17.5. The molecule has 6 nitrogen and oxygen atoms in total. The number of carbonyl (C=O) groups is 1. The van der Waals surface area contributed by atoms with Crippen LogP contribution in [0.3, 0.4) is 0 Å². The van der Waals surface area contributed by atoms with Crippen LogP contribution in [-0.2, 0) is 4.74 Å². The van der Waals surface area contributed by atoms with E-state index in [2.05, 4.69) is 51.0 Å². The average molecular weight is 469 g/mol. The first-order valence-corrected chi connectivity index (χ1v) is 11.4. The number of hydrogen-bond donors (Lipinski definition) is 1. The first-order valence-electron chi connectivity index (χ1n) is 11.0. The number of ether oxygens (including phenoxy) is 1. The van der Waals surface area contributed by atoms with Gasteiger partial charge in [0.15, 0.2) is 5.11 Å². The number of thiocarbonyl (C=S) groups is 1.